The molecule has 94 valence electrons. The summed E-state index contributed by atoms with van der Waals surface area (Å²) in [5.74, 6) is -0.722. The average molecular weight is 271 g/mol. The second-order valence-electron chi connectivity index (χ2n) is 3.97. The topological polar surface area (TPSA) is 51.8 Å². The van der Waals surface area contributed by atoms with Crippen LogP contribution in [0, 0.1) is 5.82 Å². The number of nitrogen functional groups attached to an aromatic ring is 1. The summed E-state index contributed by atoms with van der Waals surface area (Å²) in [6.45, 7) is 0. The Morgan fingerprint density at radius 3 is 2.68 bits per heavy atom. The Morgan fingerprint density at radius 2 is 1.84 bits per heavy atom. The number of nitrogens with zero attached hydrogens (tertiary/aromatic N) is 2. The number of aromatic nitrogens is 2. The van der Waals surface area contributed by atoms with E-state index < -0.39 is 5.82 Å². The van der Waals surface area contributed by atoms with E-state index in [-0.39, 0.29) is 5.82 Å². The normalized spacial score (nSPS) is 10.8. The van der Waals surface area contributed by atoms with Gasteiger partial charge in [-0.3, -0.25) is 0 Å². The van der Waals surface area contributed by atoms with E-state index in [1.54, 1.807) is 0 Å². The number of fused-ring (bicyclic) bond motifs is 1. The van der Waals surface area contributed by atoms with Gasteiger partial charge in [-0.05, 0) is 28.6 Å². The highest BCUT2D eigenvalue weighted by Crippen LogP contribution is 2.31. The smallest absolute Gasteiger partial charge is 0.194 e. The predicted octanol–water partition coefficient (Wildman–Crippen LogP) is 3.50. The fraction of sp³-hybridized carbons (Fsp3) is 0. The van der Waals surface area contributed by atoms with Crippen LogP contribution in [0.25, 0.3) is 10.8 Å². The standard InChI is InChI=1S/C14H10FN3S/c15-11-8-17-14(18-13(11)16)19-12-7-3-5-9-4-1-2-6-10(9)12/h1-8H,(H2,16,17,18). The molecule has 0 saturated heterocycles. The molecule has 5 heteroatoms. The second-order valence-corrected chi connectivity index (χ2v) is 4.97. The fourth-order valence-corrected chi connectivity index (χ4v) is 2.68. The molecule has 0 spiro atoms. The maximum absolute atomic E-state index is 13.0. The molecule has 3 nitrogen and oxygen atoms in total. The van der Waals surface area contributed by atoms with E-state index in [0.29, 0.717) is 5.16 Å². The molecule has 0 saturated carbocycles. The van der Waals surface area contributed by atoms with Crippen molar-refractivity contribution in [3.63, 3.8) is 0 Å². The highest BCUT2D eigenvalue weighted by molar-refractivity contribution is 7.99. The maximum atomic E-state index is 13.0. The summed E-state index contributed by atoms with van der Waals surface area (Å²) in [4.78, 5) is 8.89. The number of halogens is 1. The Balaban J connectivity index is 2.03. The van der Waals surface area contributed by atoms with Crippen LogP contribution in [0.3, 0.4) is 0 Å². The van der Waals surface area contributed by atoms with Gasteiger partial charge >= 0.3 is 0 Å². The van der Waals surface area contributed by atoms with Crippen LogP contribution in [-0.2, 0) is 0 Å². The summed E-state index contributed by atoms with van der Waals surface area (Å²) in [7, 11) is 0. The molecule has 0 fully saturated rings. The summed E-state index contributed by atoms with van der Waals surface area (Å²) in [5, 5.41) is 2.69. The van der Waals surface area contributed by atoms with Crippen LogP contribution >= 0.6 is 11.8 Å². The molecule has 0 atom stereocenters. The molecule has 3 rings (SSSR count). The van der Waals surface area contributed by atoms with Gasteiger partial charge in [0.25, 0.3) is 0 Å². The summed E-state index contributed by atoms with van der Waals surface area (Å²) < 4.78 is 13.0. The van der Waals surface area contributed by atoms with Gasteiger partial charge in [-0.15, -0.1) is 0 Å². The molecular weight excluding hydrogens is 261 g/mol. The minimum atomic E-state index is -0.595. The van der Waals surface area contributed by atoms with E-state index in [2.05, 4.69) is 9.97 Å². The number of nitrogens with two attached hydrogens (primary N) is 1. The Kier molecular flexibility index (Phi) is 3.05. The third kappa shape index (κ3) is 2.37. The van der Waals surface area contributed by atoms with Crippen LogP contribution in [0.5, 0.6) is 0 Å². The molecule has 3 aromatic rings. The second kappa shape index (κ2) is 4.85. The van der Waals surface area contributed by atoms with Crippen LogP contribution in [0.15, 0.2) is 58.7 Å². The summed E-state index contributed by atoms with van der Waals surface area (Å²) >= 11 is 1.37. The molecule has 2 N–H and O–H groups in total. The third-order valence-corrected chi connectivity index (χ3v) is 3.66. The number of rotatable bonds is 2. The molecule has 0 unspecified atom stereocenters. The van der Waals surface area contributed by atoms with E-state index in [9.17, 15) is 4.39 Å². The first kappa shape index (κ1) is 11.9. The largest absolute Gasteiger partial charge is 0.381 e. The van der Waals surface area contributed by atoms with Gasteiger partial charge in [0.05, 0.1) is 6.20 Å². The number of hydrogen-bond donors (Lipinski definition) is 1. The molecular formula is C14H10FN3S. The van der Waals surface area contributed by atoms with E-state index in [4.69, 9.17) is 5.73 Å². The number of benzene rings is 2. The lowest BCUT2D eigenvalue weighted by Crippen LogP contribution is -1.98. The number of anilines is 1. The van der Waals surface area contributed by atoms with Crippen molar-refractivity contribution in [2.24, 2.45) is 0 Å². The highest BCUT2D eigenvalue weighted by atomic mass is 32.2. The van der Waals surface area contributed by atoms with E-state index >= 15 is 0 Å². The lowest BCUT2D eigenvalue weighted by atomic mass is 10.1. The Morgan fingerprint density at radius 1 is 1.05 bits per heavy atom. The quantitative estimate of drug-likeness (QED) is 0.725. The van der Waals surface area contributed by atoms with E-state index in [1.807, 2.05) is 42.5 Å². The van der Waals surface area contributed by atoms with Crippen molar-refractivity contribution in [1.29, 1.82) is 0 Å². The monoisotopic (exact) mass is 271 g/mol. The summed E-state index contributed by atoms with van der Waals surface area (Å²) in [6, 6.07) is 14.0. The molecule has 0 aliphatic carbocycles. The first-order valence-corrected chi connectivity index (χ1v) is 6.49. The molecule has 0 aliphatic heterocycles. The first-order chi connectivity index (χ1) is 9.24. The van der Waals surface area contributed by atoms with Gasteiger partial charge in [0.1, 0.15) is 0 Å². The van der Waals surface area contributed by atoms with Gasteiger partial charge < -0.3 is 5.73 Å². The Bertz CT molecular complexity index is 740. The molecule has 19 heavy (non-hydrogen) atoms. The van der Waals surface area contributed by atoms with Crippen molar-refractivity contribution in [3.05, 3.63) is 54.5 Å². The zero-order valence-corrected chi connectivity index (χ0v) is 10.7. The van der Waals surface area contributed by atoms with Crippen molar-refractivity contribution in [2.75, 3.05) is 5.73 Å². The van der Waals surface area contributed by atoms with Crippen molar-refractivity contribution < 1.29 is 4.39 Å². The molecule has 1 aromatic heterocycles. The number of hydrogen-bond acceptors (Lipinski definition) is 4. The van der Waals surface area contributed by atoms with Crippen molar-refractivity contribution in [1.82, 2.24) is 9.97 Å². The molecule has 1 heterocycles. The van der Waals surface area contributed by atoms with Gasteiger partial charge in [0, 0.05) is 4.90 Å². The zero-order valence-electron chi connectivity index (χ0n) is 9.88. The predicted molar refractivity (Wildman–Crippen MR) is 74.5 cm³/mol. The van der Waals surface area contributed by atoms with Crippen LogP contribution in [-0.4, -0.2) is 9.97 Å². The van der Waals surface area contributed by atoms with Gasteiger partial charge in [0.15, 0.2) is 16.8 Å². The summed E-state index contributed by atoms with van der Waals surface area (Å²) in [6.07, 6.45) is 1.09. The first-order valence-electron chi connectivity index (χ1n) is 5.67. The van der Waals surface area contributed by atoms with Gasteiger partial charge in [-0.2, -0.15) is 0 Å². The maximum Gasteiger partial charge on any atom is 0.194 e. The summed E-state index contributed by atoms with van der Waals surface area (Å²) in [5.41, 5.74) is 5.45. The molecule has 0 bridgehead atoms. The van der Waals surface area contributed by atoms with E-state index in [1.165, 1.54) is 11.8 Å². The lowest BCUT2D eigenvalue weighted by molar-refractivity contribution is 0.612. The van der Waals surface area contributed by atoms with Crippen LogP contribution in [0.1, 0.15) is 0 Å². The Labute approximate surface area is 113 Å². The molecule has 2 aromatic carbocycles. The highest BCUT2D eigenvalue weighted by Gasteiger charge is 2.07. The lowest BCUT2D eigenvalue weighted by Gasteiger charge is -2.05. The van der Waals surface area contributed by atoms with Crippen LogP contribution < -0.4 is 5.73 Å². The molecule has 0 amide bonds. The SMILES string of the molecule is Nc1nc(Sc2cccc3ccccc23)ncc1F. The third-order valence-electron chi connectivity index (χ3n) is 2.70. The van der Waals surface area contributed by atoms with Gasteiger partial charge in [-0.25, -0.2) is 14.4 Å². The van der Waals surface area contributed by atoms with Crippen molar-refractivity contribution in [3.8, 4) is 0 Å². The Hall–Kier alpha value is -2.14. The van der Waals surface area contributed by atoms with E-state index in [0.717, 1.165) is 21.9 Å². The van der Waals surface area contributed by atoms with Crippen LogP contribution in [0.2, 0.25) is 0 Å². The van der Waals surface area contributed by atoms with Crippen LogP contribution in [0.4, 0.5) is 10.2 Å². The molecule has 0 aliphatic rings. The van der Waals surface area contributed by atoms with Gasteiger partial charge in [0.2, 0.25) is 0 Å². The molecule has 0 radical (unpaired) electrons. The van der Waals surface area contributed by atoms with Crippen molar-refractivity contribution in [2.45, 2.75) is 10.1 Å². The van der Waals surface area contributed by atoms with Crippen molar-refractivity contribution >= 4 is 28.4 Å². The average Bonchev–Trinajstić information content (AvgIpc) is 2.43. The zero-order chi connectivity index (χ0) is 13.2. The van der Waals surface area contributed by atoms with Gasteiger partial charge in [-0.1, -0.05) is 36.4 Å². The minimum Gasteiger partial charge on any atom is -0.381 e. The fourth-order valence-electron chi connectivity index (χ4n) is 1.80. The minimum absolute atomic E-state index is 0.127.